The van der Waals surface area contributed by atoms with E-state index in [0.29, 0.717) is 15.3 Å². The number of rotatable bonds is 3. The van der Waals surface area contributed by atoms with Gasteiger partial charge in [-0.1, -0.05) is 11.6 Å². The smallest absolute Gasteiger partial charge is 0.143 e. The van der Waals surface area contributed by atoms with Crippen LogP contribution >= 0.6 is 27.5 Å². The highest BCUT2D eigenvalue weighted by atomic mass is 79.9. The summed E-state index contributed by atoms with van der Waals surface area (Å²) in [5.74, 6) is -1.54. The van der Waals surface area contributed by atoms with Gasteiger partial charge in [0.2, 0.25) is 0 Å². The molecule has 0 saturated carbocycles. The van der Waals surface area contributed by atoms with Gasteiger partial charge in [0.05, 0.1) is 28.0 Å². The number of anilines is 1. The van der Waals surface area contributed by atoms with E-state index in [1.54, 1.807) is 12.1 Å². The first kappa shape index (κ1) is 14.7. The average Bonchev–Trinajstić information content (AvgIpc) is 2.41. The van der Waals surface area contributed by atoms with Gasteiger partial charge in [-0.05, 0) is 34.1 Å². The quantitative estimate of drug-likeness (QED) is 0.834. The Morgan fingerprint density at radius 2 is 1.95 bits per heavy atom. The maximum absolute atomic E-state index is 13.7. The summed E-state index contributed by atoms with van der Waals surface area (Å²) in [5.41, 5.74) is 0.360. The highest BCUT2D eigenvalue weighted by molar-refractivity contribution is 9.10. The SMILES string of the molecule is N#Cc1cc(F)c(CNc2cnc(Cl)c(Br)c2)c(F)c1. The van der Waals surface area contributed by atoms with Crippen molar-refractivity contribution < 1.29 is 8.78 Å². The van der Waals surface area contributed by atoms with Crippen molar-refractivity contribution in [3.05, 3.63) is 56.8 Å². The molecule has 7 heteroatoms. The predicted molar refractivity (Wildman–Crippen MR) is 75.3 cm³/mol. The van der Waals surface area contributed by atoms with Gasteiger partial charge in [-0.3, -0.25) is 0 Å². The number of hydrogen-bond acceptors (Lipinski definition) is 3. The zero-order chi connectivity index (χ0) is 14.7. The molecular formula is C13H7BrClF2N3. The molecule has 102 valence electrons. The van der Waals surface area contributed by atoms with E-state index in [-0.39, 0.29) is 17.7 Å². The van der Waals surface area contributed by atoms with Crippen LogP contribution in [0, 0.1) is 23.0 Å². The van der Waals surface area contributed by atoms with E-state index in [0.717, 1.165) is 12.1 Å². The lowest BCUT2D eigenvalue weighted by molar-refractivity contribution is 0.559. The van der Waals surface area contributed by atoms with Crippen molar-refractivity contribution in [2.75, 3.05) is 5.32 Å². The molecule has 0 bridgehead atoms. The van der Waals surface area contributed by atoms with Gasteiger partial charge in [-0.2, -0.15) is 5.26 Å². The Labute approximate surface area is 127 Å². The molecule has 0 spiro atoms. The van der Waals surface area contributed by atoms with Gasteiger partial charge >= 0.3 is 0 Å². The van der Waals surface area contributed by atoms with Crippen LogP contribution < -0.4 is 5.32 Å². The van der Waals surface area contributed by atoms with Crippen molar-refractivity contribution in [3.63, 3.8) is 0 Å². The molecular weight excluding hydrogens is 352 g/mol. The van der Waals surface area contributed by atoms with Crippen molar-refractivity contribution >= 4 is 33.2 Å². The Morgan fingerprint density at radius 3 is 2.50 bits per heavy atom. The number of hydrogen-bond donors (Lipinski definition) is 1. The van der Waals surface area contributed by atoms with Crippen LogP contribution in [0.2, 0.25) is 5.15 Å². The van der Waals surface area contributed by atoms with E-state index in [1.165, 1.54) is 6.20 Å². The topological polar surface area (TPSA) is 48.7 Å². The molecule has 0 saturated heterocycles. The van der Waals surface area contributed by atoms with Crippen LogP contribution in [-0.4, -0.2) is 4.98 Å². The normalized spacial score (nSPS) is 10.2. The van der Waals surface area contributed by atoms with E-state index in [2.05, 4.69) is 26.2 Å². The summed E-state index contributed by atoms with van der Waals surface area (Å²) in [4.78, 5) is 3.89. The maximum atomic E-state index is 13.7. The van der Waals surface area contributed by atoms with Gasteiger partial charge in [0.1, 0.15) is 16.8 Å². The zero-order valence-electron chi connectivity index (χ0n) is 9.92. The van der Waals surface area contributed by atoms with Crippen LogP contribution in [-0.2, 0) is 6.54 Å². The van der Waals surface area contributed by atoms with Gasteiger partial charge in [-0.25, -0.2) is 13.8 Å². The minimum absolute atomic E-state index is 0.0559. The lowest BCUT2D eigenvalue weighted by Crippen LogP contribution is -2.05. The molecule has 2 rings (SSSR count). The third kappa shape index (κ3) is 3.24. The van der Waals surface area contributed by atoms with E-state index < -0.39 is 11.6 Å². The number of pyridine rings is 1. The summed E-state index contributed by atoms with van der Waals surface area (Å²) in [6.07, 6.45) is 1.45. The van der Waals surface area contributed by atoms with E-state index >= 15 is 0 Å². The van der Waals surface area contributed by atoms with Gasteiger partial charge in [0.15, 0.2) is 0 Å². The zero-order valence-corrected chi connectivity index (χ0v) is 12.3. The number of aromatic nitrogens is 1. The van der Waals surface area contributed by atoms with Crippen molar-refractivity contribution in [2.24, 2.45) is 0 Å². The third-order valence-electron chi connectivity index (χ3n) is 2.54. The number of nitrogens with one attached hydrogen (secondary N) is 1. The largest absolute Gasteiger partial charge is 0.379 e. The number of benzene rings is 1. The van der Waals surface area contributed by atoms with Crippen LogP contribution in [0.3, 0.4) is 0 Å². The first-order chi connectivity index (χ1) is 9.51. The Bertz CT molecular complexity index is 677. The molecule has 20 heavy (non-hydrogen) atoms. The maximum Gasteiger partial charge on any atom is 0.143 e. The second kappa shape index (κ2) is 6.16. The molecule has 0 unspecified atom stereocenters. The second-order valence-corrected chi connectivity index (χ2v) is 5.09. The molecule has 0 aliphatic carbocycles. The van der Waals surface area contributed by atoms with Crippen LogP contribution in [0.25, 0.3) is 0 Å². The standard InChI is InChI=1S/C13H7BrClF2N3/c14-10-3-8(5-20-13(10)15)19-6-9-11(16)1-7(4-18)2-12(9)17/h1-3,5,19H,6H2. The van der Waals surface area contributed by atoms with Gasteiger partial charge in [0, 0.05) is 12.1 Å². The number of nitriles is 1. The lowest BCUT2D eigenvalue weighted by Gasteiger charge is -2.09. The van der Waals surface area contributed by atoms with Crippen LogP contribution in [0.1, 0.15) is 11.1 Å². The van der Waals surface area contributed by atoms with Crippen LogP contribution in [0.5, 0.6) is 0 Å². The van der Waals surface area contributed by atoms with E-state index in [4.69, 9.17) is 16.9 Å². The summed E-state index contributed by atoms with van der Waals surface area (Å²) in [6.45, 7) is -0.0703. The van der Waals surface area contributed by atoms with Crippen molar-refractivity contribution in [1.29, 1.82) is 5.26 Å². The van der Waals surface area contributed by atoms with E-state index in [1.807, 2.05) is 0 Å². The molecule has 0 radical (unpaired) electrons. The first-order valence-corrected chi connectivity index (χ1v) is 6.61. The summed E-state index contributed by atoms with van der Waals surface area (Å²) >= 11 is 8.95. The van der Waals surface area contributed by atoms with Crippen molar-refractivity contribution in [3.8, 4) is 6.07 Å². The monoisotopic (exact) mass is 357 g/mol. The Morgan fingerprint density at radius 1 is 1.30 bits per heavy atom. The Balaban J connectivity index is 2.19. The Hall–Kier alpha value is -1.71. The first-order valence-electron chi connectivity index (χ1n) is 5.44. The highest BCUT2D eigenvalue weighted by Gasteiger charge is 2.11. The summed E-state index contributed by atoms with van der Waals surface area (Å²) in [6, 6.07) is 5.33. The van der Waals surface area contributed by atoms with Gasteiger partial charge in [-0.15, -0.1) is 0 Å². The summed E-state index contributed by atoms with van der Waals surface area (Å²) in [5, 5.41) is 11.7. The fourth-order valence-corrected chi connectivity index (χ4v) is 2.00. The molecule has 0 atom stereocenters. The second-order valence-electron chi connectivity index (χ2n) is 3.88. The Kier molecular flexibility index (Phi) is 4.53. The number of halogens is 4. The molecule has 1 aromatic heterocycles. The number of nitrogens with zero attached hydrogens (tertiary/aromatic N) is 2. The average molecular weight is 359 g/mol. The van der Waals surface area contributed by atoms with Gasteiger partial charge in [0.25, 0.3) is 0 Å². The van der Waals surface area contributed by atoms with E-state index in [9.17, 15) is 8.78 Å². The molecule has 0 fully saturated rings. The fourth-order valence-electron chi connectivity index (χ4n) is 1.54. The minimum Gasteiger partial charge on any atom is -0.379 e. The van der Waals surface area contributed by atoms with Crippen LogP contribution in [0.4, 0.5) is 14.5 Å². The molecule has 1 aromatic carbocycles. The predicted octanol–water partition coefficient (Wildman–Crippen LogP) is 4.26. The summed E-state index contributed by atoms with van der Waals surface area (Å²) in [7, 11) is 0. The lowest BCUT2D eigenvalue weighted by atomic mass is 10.1. The molecule has 0 amide bonds. The fraction of sp³-hybridized carbons (Fsp3) is 0.0769. The molecule has 0 aliphatic rings. The molecule has 3 nitrogen and oxygen atoms in total. The molecule has 2 aromatic rings. The van der Waals surface area contributed by atoms with Crippen LogP contribution in [0.15, 0.2) is 28.9 Å². The van der Waals surface area contributed by atoms with Gasteiger partial charge < -0.3 is 5.32 Å². The molecule has 1 N–H and O–H groups in total. The highest BCUT2D eigenvalue weighted by Crippen LogP contribution is 2.24. The third-order valence-corrected chi connectivity index (χ3v) is 3.67. The molecule has 0 aliphatic heterocycles. The van der Waals surface area contributed by atoms with Crippen molar-refractivity contribution in [1.82, 2.24) is 4.98 Å². The minimum atomic E-state index is -0.768. The summed E-state index contributed by atoms with van der Waals surface area (Å²) < 4.78 is 27.9. The van der Waals surface area contributed by atoms with Crippen molar-refractivity contribution in [2.45, 2.75) is 6.54 Å². The molecule has 1 heterocycles.